The molecule has 0 aliphatic rings. The Balaban J connectivity index is 1.52. The van der Waals surface area contributed by atoms with Crippen LogP contribution in [0.4, 0.5) is 4.79 Å². The summed E-state index contributed by atoms with van der Waals surface area (Å²) in [5.74, 6) is 1.06. The number of aromatic amines is 1. The third-order valence-electron chi connectivity index (χ3n) is 4.99. The van der Waals surface area contributed by atoms with Crippen LogP contribution in [-0.2, 0) is 16.9 Å². The first-order valence-corrected chi connectivity index (χ1v) is 11.8. The Morgan fingerprint density at radius 3 is 2.67 bits per heavy atom. The summed E-state index contributed by atoms with van der Waals surface area (Å²) in [5, 5.41) is 12.9. The van der Waals surface area contributed by atoms with Gasteiger partial charge in [0.05, 0.1) is 0 Å². The first-order chi connectivity index (χ1) is 15.8. The lowest BCUT2D eigenvalue weighted by atomic mass is 10.1. The van der Waals surface area contributed by atoms with Crippen molar-refractivity contribution in [2.45, 2.75) is 56.7 Å². The van der Waals surface area contributed by atoms with Crippen LogP contribution >= 0.6 is 11.8 Å². The lowest BCUT2D eigenvalue weighted by Gasteiger charge is -2.22. The molecule has 4 rings (SSSR count). The van der Waals surface area contributed by atoms with Gasteiger partial charge in [0.2, 0.25) is 5.89 Å². The molecule has 1 atom stereocenters. The Labute approximate surface area is 197 Å². The molecular weight excluding hydrogens is 436 g/mol. The van der Waals surface area contributed by atoms with Crippen molar-refractivity contribution in [2.24, 2.45) is 0 Å². The van der Waals surface area contributed by atoms with E-state index >= 15 is 0 Å². The number of rotatable bonds is 7. The number of benzene rings is 2. The van der Waals surface area contributed by atoms with Crippen LogP contribution in [0.25, 0.3) is 10.9 Å². The molecule has 0 aliphatic carbocycles. The number of para-hydroxylation sites is 1. The number of aromatic nitrogens is 3. The summed E-state index contributed by atoms with van der Waals surface area (Å²) in [7, 11) is 0. The highest BCUT2D eigenvalue weighted by Crippen LogP contribution is 2.27. The molecule has 0 radical (unpaired) electrons. The van der Waals surface area contributed by atoms with Gasteiger partial charge in [0.15, 0.2) is 0 Å². The second-order valence-corrected chi connectivity index (χ2v) is 9.87. The van der Waals surface area contributed by atoms with Crippen LogP contribution in [0.15, 0.2) is 64.4 Å². The number of hydrogen-bond acceptors (Lipinski definition) is 6. The summed E-state index contributed by atoms with van der Waals surface area (Å²) in [6, 6.07) is 15.8. The van der Waals surface area contributed by atoms with Crippen LogP contribution < -0.4 is 5.32 Å². The predicted octanol–water partition coefficient (Wildman–Crippen LogP) is 5.96. The normalized spacial score (nSPS) is 12.6. The van der Waals surface area contributed by atoms with E-state index in [4.69, 9.17) is 9.15 Å². The summed E-state index contributed by atoms with van der Waals surface area (Å²) >= 11 is 1.47. The number of H-pyrrole nitrogens is 1. The number of carbonyl (C=O) groups excluding carboxylic acids is 1. The van der Waals surface area contributed by atoms with E-state index in [1.165, 1.54) is 22.9 Å². The first-order valence-electron chi connectivity index (χ1n) is 10.8. The number of hydrogen-bond donors (Lipinski definition) is 2. The number of ether oxygens (including phenoxy) is 1. The second kappa shape index (κ2) is 9.70. The molecular formula is C25H28N4O3S. The molecule has 2 aromatic heterocycles. The Hall–Kier alpha value is -3.26. The Morgan fingerprint density at radius 2 is 1.91 bits per heavy atom. The molecule has 8 heteroatoms. The van der Waals surface area contributed by atoms with Gasteiger partial charge in [-0.1, -0.05) is 59.8 Å². The van der Waals surface area contributed by atoms with Crippen molar-refractivity contribution < 1.29 is 13.9 Å². The van der Waals surface area contributed by atoms with Crippen molar-refractivity contribution in [1.82, 2.24) is 20.5 Å². The number of alkyl carbamates (subject to hydrolysis) is 1. The molecule has 2 N–H and O–H groups in total. The summed E-state index contributed by atoms with van der Waals surface area (Å²) in [4.78, 5) is 15.8. The molecule has 2 aromatic carbocycles. The zero-order valence-corrected chi connectivity index (χ0v) is 20.0. The molecule has 0 aliphatic heterocycles. The van der Waals surface area contributed by atoms with E-state index in [1.54, 1.807) is 0 Å². The standard InChI is InChI=1S/C25H28N4O3S/c1-16-9-11-17(12-10-16)15-33-24-29-28-22(31-24)21(27-23(30)32-25(2,3)4)13-18-14-26-20-8-6-5-7-19(18)20/h5-12,14,21,26H,13,15H2,1-4H3,(H,27,30)/t21-/m1/s1. The van der Waals surface area contributed by atoms with Crippen LogP contribution in [0.3, 0.4) is 0 Å². The van der Waals surface area contributed by atoms with E-state index in [0.29, 0.717) is 23.3 Å². The average Bonchev–Trinajstić information content (AvgIpc) is 3.39. The van der Waals surface area contributed by atoms with Gasteiger partial charge in [0.1, 0.15) is 11.6 Å². The van der Waals surface area contributed by atoms with E-state index in [0.717, 1.165) is 16.5 Å². The first kappa shape index (κ1) is 22.9. The fraction of sp³-hybridized carbons (Fsp3) is 0.320. The average molecular weight is 465 g/mol. The van der Waals surface area contributed by atoms with Crippen molar-refractivity contribution in [2.75, 3.05) is 0 Å². The van der Waals surface area contributed by atoms with Crippen LogP contribution in [0.5, 0.6) is 0 Å². The van der Waals surface area contributed by atoms with Gasteiger partial charge in [-0.3, -0.25) is 0 Å². The number of fused-ring (bicyclic) bond motifs is 1. The minimum absolute atomic E-state index is 0.345. The number of aryl methyl sites for hydroxylation is 1. The maximum absolute atomic E-state index is 12.5. The summed E-state index contributed by atoms with van der Waals surface area (Å²) in [5.41, 5.74) is 3.85. The molecule has 33 heavy (non-hydrogen) atoms. The van der Waals surface area contributed by atoms with Crippen LogP contribution in [0, 0.1) is 6.92 Å². The molecule has 0 bridgehead atoms. The van der Waals surface area contributed by atoms with E-state index in [1.807, 2.05) is 51.2 Å². The lowest BCUT2D eigenvalue weighted by molar-refractivity contribution is 0.0494. The lowest BCUT2D eigenvalue weighted by Crippen LogP contribution is -2.36. The summed E-state index contributed by atoms with van der Waals surface area (Å²) in [6.07, 6.45) is 1.89. The fourth-order valence-electron chi connectivity index (χ4n) is 3.42. The molecule has 0 spiro atoms. The molecule has 1 amide bonds. The SMILES string of the molecule is Cc1ccc(CSc2nnc([C@@H](Cc3c[nH]c4ccccc34)NC(=O)OC(C)(C)C)o2)cc1. The molecule has 2 heterocycles. The quantitative estimate of drug-likeness (QED) is 0.328. The Bertz CT molecular complexity index is 1220. The monoisotopic (exact) mass is 464 g/mol. The number of thioether (sulfide) groups is 1. The topological polar surface area (TPSA) is 93.0 Å². The fourth-order valence-corrected chi connectivity index (χ4v) is 4.14. The van der Waals surface area contributed by atoms with Gasteiger partial charge in [-0.15, -0.1) is 10.2 Å². The second-order valence-electron chi connectivity index (χ2n) is 8.94. The van der Waals surface area contributed by atoms with Gasteiger partial charge in [0.25, 0.3) is 5.22 Å². The van der Waals surface area contributed by atoms with E-state index in [2.05, 4.69) is 51.7 Å². The molecule has 7 nitrogen and oxygen atoms in total. The molecule has 0 saturated heterocycles. The van der Waals surface area contributed by atoms with Crippen molar-refractivity contribution in [1.29, 1.82) is 0 Å². The zero-order valence-electron chi connectivity index (χ0n) is 19.2. The molecule has 0 unspecified atom stereocenters. The molecule has 172 valence electrons. The van der Waals surface area contributed by atoms with Crippen molar-refractivity contribution in [3.63, 3.8) is 0 Å². The highest BCUT2D eigenvalue weighted by atomic mass is 32.2. The van der Waals surface area contributed by atoms with Gasteiger partial charge < -0.3 is 19.5 Å². The van der Waals surface area contributed by atoms with E-state index in [-0.39, 0.29) is 0 Å². The van der Waals surface area contributed by atoms with E-state index < -0.39 is 17.7 Å². The van der Waals surface area contributed by atoms with Crippen LogP contribution in [0.2, 0.25) is 0 Å². The molecule has 4 aromatic rings. The number of nitrogens with zero attached hydrogens (tertiary/aromatic N) is 2. The third-order valence-corrected chi connectivity index (χ3v) is 5.88. The van der Waals surface area contributed by atoms with Crippen LogP contribution in [-0.4, -0.2) is 26.9 Å². The van der Waals surface area contributed by atoms with Crippen molar-refractivity contribution in [3.05, 3.63) is 77.3 Å². The number of carbonyl (C=O) groups is 1. The van der Waals surface area contributed by atoms with Crippen molar-refractivity contribution in [3.8, 4) is 0 Å². The van der Waals surface area contributed by atoms with Gasteiger partial charge in [-0.05, 0) is 44.9 Å². The number of nitrogens with one attached hydrogen (secondary N) is 2. The maximum Gasteiger partial charge on any atom is 0.408 e. The van der Waals surface area contributed by atoms with Gasteiger partial charge in [-0.2, -0.15) is 0 Å². The Morgan fingerprint density at radius 1 is 1.15 bits per heavy atom. The third kappa shape index (κ3) is 6.16. The largest absolute Gasteiger partial charge is 0.444 e. The van der Waals surface area contributed by atoms with Crippen LogP contribution in [0.1, 0.15) is 49.4 Å². The molecule has 0 saturated carbocycles. The summed E-state index contributed by atoms with van der Waals surface area (Å²) < 4.78 is 11.4. The van der Waals surface area contributed by atoms with Crippen molar-refractivity contribution >= 4 is 28.8 Å². The maximum atomic E-state index is 12.5. The van der Waals surface area contributed by atoms with Gasteiger partial charge >= 0.3 is 6.09 Å². The Kier molecular flexibility index (Phi) is 6.74. The minimum Gasteiger partial charge on any atom is -0.444 e. The minimum atomic E-state index is -0.612. The highest BCUT2D eigenvalue weighted by Gasteiger charge is 2.26. The predicted molar refractivity (Wildman–Crippen MR) is 129 cm³/mol. The highest BCUT2D eigenvalue weighted by molar-refractivity contribution is 7.98. The molecule has 0 fully saturated rings. The smallest absolute Gasteiger partial charge is 0.408 e. The van der Waals surface area contributed by atoms with Gasteiger partial charge in [-0.25, -0.2) is 4.79 Å². The summed E-state index contributed by atoms with van der Waals surface area (Å²) in [6.45, 7) is 7.54. The van der Waals surface area contributed by atoms with Gasteiger partial charge in [0, 0.05) is 29.3 Å². The zero-order chi connectivity index (χ0) is 23.4. The number of amides is 1. The van der Waals surface area contributed by atoms with E-state index in [9.17, 15) is 4.79 Å².